The van der Waals surface area contributed by atoms with E-state index in [9.17, 15) is 19.2 Å². The zero-order chi connectivity index (χ0) is 18.6. The average Bonchev–Trinajstić information content (AvgIpc) is 2.84. The van der Waals surface area contributed by atoms with Crippen molar-refractivity contribution in [2.45, 2.75) is 45.7 Å². The summed E-state index contributed by atoms with van der Waals surface area (Å²) >= 11 is 0. The lowest BCUT2D eigenvalue weighted by Crippen LogP contribution is -2.47. The van der Waals surface area contributed by atoms with Crippen molar-refractivity contribution in [3.05, 3.63) is 35.4 Å². The van der Waals surface area contributed by atoms with E-state index in [2.05, 4.69) is 10.6 Å². The highest BCUT2D eigenvalue weighted by atomic mass is 16.2. The van der Waals surface area contributed by atoms with Gasteiger partial charge in [-0.1, -0.05) is 19.1 Å². The second-order valence-electron chi connectivity index (χ2n) is 6.16. The zero-order valence-corrected chi connectivity index (χ0v) is 14.7. The summed E-state index contributed by atoms with van der Waals surface area (Å²) in [5, 5.41) is 5.37. The van der Waals surface area contributed by atoms with Crippen LogP contribution in [0.3, 0.4) is 0 Å². The number of nitrogens with one attached hydrogen (secondary N) is 2. The van der Waals surface area contributed by atoms with Crippen molar-refractivity contribution in [1.82, 2.24) is 15.5 Å². The molecule has 1 aliphatic heterocycles. The molecule has 2 atom stereocenters. The smallest absolute Gasteiger partial charge is 0.261 e. The second-order valence-corrected chi connectivity index (χ2v) is 6.16. The number of benzene rings is 1. The SMILES string of the molecule is CC[C@@H](C)NC(=O)[C@@H](C)NC(=O)CCN1C(=O)c2ccccc2C1=O. The van der Waals surface area contributed by atoms with E-state index in [0.717, 1.165) is 11.3 Å². The molecule has 1 heterocycles. The lowest BCUT2D eigenvalue weighted by Gasteiger charge is -2.18. The molecule has 0 aromatic heterocycles. The Morgan fingerprint density at radius 3 is 2.12 bits per heavy atom. The topological polar surface area (TPSA) is 95.6 Å². The number of imide groups is 1. The van der Waals surface area contributed by atoms with Crippen molar-refractivity contribution in [2.75, 3.05) is 6.54 Å². The molecule has 0 saturated heterocycles. The van der Waals surface area contributed by atoms with Crippen LogP contribution in [0.15, 0.2) is 24.3 Å². The van der Waals surface area contributed by atoms with Gasteiger partial charge in [0.1, 0.15) is 6.04 Å². The van der Waals surface area contributed by atoms with Gasteiger partial charge in [-0.15, -0.1) is 0 Å². The fraction of sp³-hybridized carbons (Fsp3) is 0.444. The Hall–Kier alpha value is -2.70. The van der Waals surface area contributed by atoms with E-state index < -0.39 is 17.9 Å². The molecule has 1 aromatic carbocycles. The Labute approximate surface area is 146 Å². The number of carbonyl (C=O) groups is 4. The first-order chi connectivity index (χ1) is 11.8. The predicted molar refractivity (Wildman–Crippen MR) is 91.9 cm³/mol. The highest BCUT2D eigenvalue weighted by Gasteiger charge is 2.35. The Bertz CT molecular complexity index is 666. The minimum absolute atomic E-state index is 0.0160. The van der Waals surface area contributed by atoms with Crippen molar-refractivity contribution in [3.63, 3.8) is 0 Å². The maximum Gasteiger partial charge on any atom is 0.261 e. The maximum atomic E-state index is 12.2. The van der Waals surface area contributed by atoms with E-state index in [1.807, 2.05) is 13.8 Å². The largest absolute Gasteiger partial charge is 0.352 e. The number of hydrogen-bond acceptors (Lipinski definition) is 4. The number of fused-ring (bicyclic) bond motifs is 1. The summed E-state index contributed by atoms with van der Waals surface area (Å²) in [6.45, 7) is 5.42. The number of rotatable bonds is 7. The van der Waals surface area contributed by atoms with Crippen LogP contribution in [0.25, 0.3) is 0 Å². The molecule has 1 aromatic rings. The van der Waals surface area contributed by atoms with E-state index in [0.29, 0.717) is 11.1 Å². The van der Waals surface area contributed by atoms with Crippen LogP contribution in [0.5, 0.6) is 0 Å². The number of nitrogens with zero attached hydrogens (tertiary/aromatic N) is 1. The van der Waals surface area contributed by atoms with Gasteiger partial charge in [-0.2, -0.15) is 0 Å². The molecule has 2 N–H and O–H groups in total. The second kappa shape index (κ2) is 7.92. The average molecular weight is 345 g/mol. The van der Waals surface area contributed by atoms with Crippen molar-refractivity contribution < 1.29 is 19.2 Å². The van der Waals surface area contributed by atoms with Crippen LogP contribution in [0, 0.1) is 0 Å². The molecule has 0 saturated carbocycles. The first kappa shape index (κ1) is 18.6. The maximum absolute atomic E-state index is 12.2. The molecule has 1 aliphatic rings. The van der Waals surface area contributed by atoms with Gasteiger partial charge in [0, 0.05) is 19.0 Å². The molecule has 4 amide bonds. The van der Waals surface area contributed by atoms with Crippen LogP contribution >= 0.6 is 0 Å². The van der Waals surface area contributed by atoms with Crippen LogP contribution in [0.4, 0.5) is 0 Å². The molecule has 134 valence electrons. The Morgan fingerprint density at radius 1 is 1.04 bits per heavy atom. The fourth-order valence-electron chi connectivity index (χ4n) is 2.50. The lowest BCUT2D eigenvalue weighted by atomic mass is 10.1. The third kappa shape index (κ3) is 4.23. The fourth-order valence-corrected chi connectivity index (χ4v) is 2.50. The highest BCUT2D eigenvalue weighted by molar-refractivity contribution is 6.21. The minimum Gasteiger partial charge on any atom is -0.352 e. The first-order valence-electron chi connectivity index (χ1n) is 8.40. The third-order valence-electron chi connectivity index (χ3n) is 4.21. The van der Waals surface area contributed by atoms with Crippen molar-refractivity contribution in [2.24, 2.45) is 0 Å². The third-order valence-corrected chi connectivity index (χ3v) is 4.21. The predicted octanol–water partition coefficient (Wildman–Crippen LogP) is 1.09. The normalized spacial score (nSPS) is 15.6. The molecule has 0 aliphatic carbocycles. The van der Waals surface area contributed by atoms with Gasteiger partial charge in [0.2, 0.25) is 11.8 Å². The van der Waals surface area contributed by atoms with E-state index in [4.69, 9.17) is 0 Å². The number of carbonyl (C=O) groups excluding carboxylic acids is 4. The standard InChI is InChI=1S/C18H23N3O4/c1-4-11(2)19-16(23)12(3)20-15(22)9-10-21-17(24)13-7-5-6-8-14(13)18(21)25/h5-8,11-12H,4,9-10H2,1-3H3,(H,19,23)(H,20,22)/t11-,12-/m1/s1. The summed E-state index contributed by atoms with van der Waals surface area (Å²) in [7, 11) is 0. The van der Waals surface area contributed by atoms with Gasteiger partial charge >= 0.3 is 0 Å². The van der Waals surface area contributed by atoms with Crippen LogP contribution in [0.1, 0.15) is 54.3 Å². The zero-order valence-electron chi connectivity index (χ0n) is 14.7. The lowest BCUT2D eigenvalue weighted by molar-refractivity contribution is -0.129. The van der Waals surface area contributed by atoms with E-state index >= 15 is 0 Å². The summed E-state index contributed by atoms with van der Waals surface area (Å²) in [6, 6.07) is 5.93. The van der Waals surface area contributed by atoms with Crippen LogP contribution in [-0.4, -0.2) is 47.2 Å². The Kier molecular flexibility index (Phi) is 5.90. The molecular weight excluding hydrogens is 322 g/mol. The Balaban J connectivity index is 1.86. The van der Waals surface area contributed by atoms with Gasteiger partial charge in [-0.25, -0.2) is 0 Å². The molecule has 0 bridgehead atoms. The summed E-state index contributed by atoms with van der Waals surface area (Å²) < 4.78 is 0. The van der Waals surface area contributed by atoms with E-state index in [1.54, 1.807) is 31.2 Å². The van der Waals surface area contributed by atoms with Crippen molar-refractivity contribution in [1.29, 1.82) is 0 Å². The molecule has 25 heavy (non-hydrogen) atoms. The van der Waals surface area contributed by atoms with Crippen molar-refractivity contribution >= 4 is 23.6 Å². The van der Waals surface area contributed by atoms with Gasteiger partial charge < -0.3 is 10.6 Å². The van der Waals surface area contributed by atoms with Gasteiger partial charge in [0.25, 0.3) is 11.8 Å². The molecule has 7 heteroatoms. The van der Waals surface area contributed by atoms with Crippen LogP contribution in [-0.2, 0) is 9.59 Å². The Morgan fingerprint density at radius 2 is 1.60 bits per heavy atom. The van der Waals surface area contributed by atoms with Gasteiger partial charge in [-0.05, 0) is 32.4 Å². The molecule has 0 radical (unpaired) electrons. The van der Waals surface area contributed by atoms with E-state index in [1.165, 1.54) is 0 Å². The summed E-state index contributed by atoms with van der Waals surface area (Å²) in [6.07, 6.45) is 0.749. The molecular formula is C18H23N3O4. The van der Waals surface area contributed by atoms with Crippen LogP contribution in [0.2, 0.25) is 0 Å². The number of amides is 4. The number of hydrogen-bond donors (Lipinski definition) is 2. The molecule has 2 rings (SSSR count). The summed E-state index contributed by atoms with van der Waals surface area (Å²) in [4.78, 5) is 49.4. The van der Waals surface area contributed by atoms with Crippen LogP contribution < -0.4 is 10.6 Å². The molecule has 0 fully saturated rings. The van der Waals surface area contributed by atoms with E-state index in [-0.39, 0.29) is 30.8 Å². The first-order valence-corrected chi connectivity index (χ1v) is 8.40. The molecule has 0 spiro atoms. The minimum atomic E-state index is -0.677. The monoisotopic (exact) mass is 345 g/mol. The highest BCUT2D eigenvalue weighted by Crippen LogP contribution is 2.22. The summed E-state index contributed by atoms with van der Waals surface area (Å²) in [5.41, 5.74) is 0.711. The van der Waals surface area contributed by atoms with Gasteiger partial charge in [0.15, 0.2) is 0 Å². The molecule has 7 nitrogen and oxygen atoms in total. The van der Waals surface area contributed by atoms with Gasteiger partial charge in [0.05, 0.1) is 11.1 Å². The van der Waals surface area contributed by atoms with Crippen molar-refractivity contribution in [3.8, 4) is 0 Å². The molecule has 0 unspecified atom stereocenters. The summed E-state index contributed by atoms with van der Waals surface area (Å²) in [5.74, 6) is -1.43. The van der Waals surface area contributed by atoms with Gasteiger partial charge in [-0.3, -0.25) is 24.1 Å². The quantitative estimate of drug-likeness (QED) is 0.723.